The summed E-state index contributed by atoms with van der Waals surface area (Å²) in [6.07, 6.45) is 0. The molecule has 1 aromatic heterocycles. The Morgan fingerprint density at radius 2 is 1.83 bits per heavy atom. The summed E-state index contributed by atoms with van der Waals surface area (Å²) >= 11 is 0. The molecule has 0 spiro atoms. The van der Waals surface area contributed by atoms with E-state index in [-0.39, 0.29) is 17.2 Å². The Hall–Kier alpha value is -3.00. The third-order valence-corrected chi connectivity index (χ3v) is 6.69. The first-order chi connectivity index (χ1) is 14.1. The van der Waals surface area contributed by atoms with Crippen molar-refractivity contribution in [2.24, 2.45) is 7.05 Å². The smallest absolute Gasteiger partial charge is 0.340 e. The van der Waals surface area contributed by atoms with Crippen LogP contribution in [0.25, 0.3) is 10.9 Å². The number of nitrogens with zero attached hydrogens (tertiary/aromatic N) is 1. The summed E-state index contributed by atoms with van der Waals surface area (Å²) in [5, 5.41) is 0.445. The highest BCUT2D eigenvalue weighted by Gasteiger charge is 2.27. The molecule has 0 saturated heterocycles. The first kappa shape index (κ1) is 21.7. The average Bonchev–Trinajstić information content (AvgIpc) is 2.93. The maximum atomic E-state index is 13.3. The Balaban J connectivity index is 2.29. The summed E-state index contributed by atoms with van der Waals surface area (Å²) in [6, 6.07) is 8.59. The van der Waals surface area contributed by atoms with Gasteiger partial charge in [0.15, 0.2) is 0 Å². The normalized spacial score (nSPS) is 11.5. The number of methoxy groups -OCH3 is 1. The maximum Gasteiger partial charge on any atom is 0.340 e. The van der Waals surface area contributed by atoms with E-state index < -0.39 is 16.0 Å². The molecule has 0 bridgehead atoms. The molecule has 3 rings (SSSR count). The number of hydrogen-bond acceptors (Lipinski definition) is 5. The lowest BCUT2D eigenvalue weighted by Gasteiger charge is -2.15. The highest BCUT2D eigenvalue weighted by molar-refractivity contribution is 7.92. The predicted molar refractivity (Wildman–Crippen MR) is 117 cm³/mol. The van der Waals surface area contributed by atoms with Crippen molar-refractivity contribution in [2.75, 3.05) is 18.4 Å². The highest BCUT2D eigenvalue weighted by atomic mass is 32.2. The third-order valence-electron chi connectivity index (χ3n) is 5.18. The van der Waals surface area contributed by atoms with E-state index in [1.54, 1.807) is 45.0 Å². The number of rotatable bonds is 6. The van der Waals surface area contributed by atoms with E-state index in [0.29, 0.717) is 33.5 Å². The minimum absolute atomic E-state index is 0.164. The summed E-state index contributed by atoms with van der Waals surface area (Å²) in [5.41, 5.74) is 3.48. The molecule has 160 valence electrons. The molecule has 0 aliphatic rings. The molecule has 0 saturated carbocycles. The van der Waals surface area contributed by atoms with Crippen LogP contribution in [0.1, 0.15) is 34.1 Å². The third kappa shape index (κ3) is 3.63. The molecule has 0 unspecified atom stereocenters. The Labute approximate surface area is 176 Å². The van der Waals surface area contributed by atoms with Crippen LogP contribution >= 0.6 is 0 Å². The van der Waals surface area contributed by atoms with Crippen molar-refractivity contribution in [2.45, 2.75) is 32.6 Å². The molecular weight excluding hydrogens is 404 g/mol. The Morgan fingerprint density at radius 1 is 1.13 bits per heavy atom. The van der Waals surface area contributed by atoms with Crippen LogP contribution in [0.2, 0.25) is 0 Å². The van der Waals surface area contributed by atoms with E-state index in [2.05, 4.69) is 4.72 Å². The first-order valence-corrected chi connectivity index (χ1v) is 11.0. The number of carbonyl (C=O) groups is 1. The van der Waals surface area contributed by atoms with Crippen LogP contribution in [0.3, 0.4) is 0 Å². The molecule has 2 aromatic carbocycles. The lowest BCUT2D eigenvalue weighted by Crippen LogP contribution is -2.16. The van der Waals surface area contributed by atoms with Crippen LogP contribution < -0.4 is 9.46 Å². The zero-order valence-corrected chi connectivity index (χ0v) is 18.8. The number of nitrogens with one attached hydrogen (secondary N) is 1. The predicted octanol–water partition coefficient (Wildman–Crippen LogP) is 4.09. The van der Waals surface area contributed by atoms with Crippen LogP contribution in [-0.4, -0.2) is 32.7 Å². The SMILES string of the molecule is CCOC(=O)c1c(C)n(C)c2ccc(OC)c(NS(=O)(=O)c3ccc(C)cc3C)c12. The molecule has 30 heavy (non-hydrogen) atoms. The van der Waals surface area contributed by atoms with Gasteiger partial charge in [-0.1, -0.05) is 17.7 Å². The number of ether oxygens (including phenoxy) is 2. The largest absolute Gasteiger partial charge is 0.495 e. The van der Waals surface area contributed by atoms with E-state index in [1.807, 2.05) is 24.6 Å². The number of carbonyl (C=O) groups excluding carboxylic acids is 1. The first-order valence-electron chi connectivity index (χ1n) is 9.55. The Kier molecular flexibility index (Phi) is 5.81. The van der Waals surface area contributed by atoms with E-state index >= 15 is 0 Å². The van der Waals surface area contributed by atoms with Crippen molar-refractivity contribution < 1.29 is 22.7 Å². The molecule has 7 nitrogen and oxygen atoms in total. The zero-order valence-electron chi connectivity index (χ0n) is 18.0. The molecule has 3 aromatic rings. The van der Waals surface area contributed by atoms with Crippen LogP contribution in [0.4, 0.5) is 5.69 Å². The molecule has 0 aliphatic carbocycles. The number of esters is 1. The highest BCUT2D eigenvalue weighted by Crippen LogP contribution is 2.39. The molecular formula is C22H26N2O5S. The van der Waals surface area contributed by atoms with Crippen molar-refractivity contribution >= 4 is 32.6 Å². The van der Waals surface area contributed by atoms with Gasteiger partial charge in [0.25, 0.3) is 10.0 Å². The van der Waals surface area contributed by atoms with Gasteiger partial charge < -0.3 is 14.0 Å². The standard InChI is InChI=1S/C22H26N2O5S/c1-7-29-22(25)19-15(4)24(5)16-9-10-17(28-6)21(20(16)19)23-30(26,27)18-11-8-13(2)12-14(18)3/h8-12,23H,7H2,1-6H3. The molecule has 0 radical (unpaired) electrons. The lowest BCUT2D eigenvalue weighted by molar-refractivity contribution is 0.0527. The van der Waals surface area contributed by atoms with Gasteiger partial charge in [-0.05, 0) is 51.5 Å². The molecule has 0 atom stereocenters. The van der Waals surface area contributed by atoms with Crippen LogP contribution in [0.5, 0.6) is 5.75 Å². The zero-order chi connectivity index (χ0) is 22.2. The van der Waals surface area contributed by atoms with Gasteiger partial charge in [0.2, 0.25) is 0 Å². The van der Waals surface area contributed by atoms with Gasteiger partial charge in [0.05, 0.1) is 29.7 Å². The number of fused-ring (bicyclic) bond motifs is 1. The maximum absolute atomic E-state index is 13.3. The van der Waals surface area contributed by atoms with Crippen LogP contribution in [0, 0.1) is 20.8 Å². The molecule has 0 fully saturated rings. The second kappa shape index (κ2) is 8.02. The summed E-state index contributed by atoms with van der Waals surface area (Å²) in [7, 11) is -0.665. The number of aromatic nitrogens is 1. The van der Waals surface area contributed by atoms with Gasteiger partial charge in [-0.2, -0.15) is 0 Å². The van der Waals surface area contributed by atoms with Gasteiger partial charge in [-0.15, -0.1) is 0 Å². The lowest BCUT2D eigenvalue weighted by atomic mass is 10.1. The van der Waals surface area contributed by atoms with E-state index in [1.165, 1.54) is 7.11 Å². The van der Waals surface area contributed by atoms with Crippen molar-refractivity contribution in [3.8, 4) is 5.75 Å². The minimum atomic E-state index is -3.93. The summed E-state index contributed by atoms with van der Waals surface area (Å²) in [4.78, 5) is 12.9. The van der Waals surface area contributed by atoms with Crippen LogP contribution in [0.15, 0.2) is 35.2 Å². The van der Waals surface area contributed by atoms with Gasteiger partial charge >= 0.3 is 5.97 Å². The fraction of sp³-hybridized carbons (Fsp3) is 0.318. The Bertz CT molecular complexity index is 1240. The van der Waals surface area contributed by atoms with Crippen molar-refractivity contribution in [1.29, 1.82) is 0 Å². The van der Waals surface area contributed by atoms with Crippen molar-refractivity contribution in [1.82, 2.24) is 4.57 Å². The van der Waals surface area contributed by atoms with Gasteiger partial charge in [-0.25, -0.2) is 13.2 Å². The molecule has 1 heterocycles. The van der Waals surface area contributed by atoms with E-state index in [4.69, 9.17) is 9.47 Å². The van der Waals surface area contributed by atoms with Crippen molar-refractivity contribution in [3.05, 3.63) is 52.7 Å². The number of benzene rings is 2. The fourth-order valence-electron chi connectivity index (χ4n) is 3.65. The minimum Gasteiger partial charge on any atom is -0.495 e. The second-order valence-electron chi connectivity index (χ2n) is 7.15. The Morgan fingerprint density at radius 3 is 2.43 bits per heavy atom. The number of sulfonamides is 1. The topological polar surface area (TPSA) is 86.6 Å². The average molecular weight is 431 g/mol. The van der Waals surface area contributed by atoms with Crippen LogP contribution in [-0.2, 0) is 21.8 Å². The molecule has 0 aliphatic heterocycles. The number of aryl methyl sites for hydroxylation is 3. The molecule has 1 N–H and O–H groups in total. The van der Waals surface area contributed by atoms with Gasteiger partial charge in [0.1, 0.15) is 11.4 Å². The monoisotopic (exact) mass is 430 g/mol. The second-order valence-corrected chi connectivity index (χ2v) is 8.80. The summed E-state index contributed by atoms with van der Waals surface area (Å²) < 4.78 is 41.7. The fourth-order valence-corrected chi connectivity index (χ4v) is 4.96. The van der Waals surface area contributed by atoms with Gasteiger partial charge in [-0.3, -0.25) is 4.72 Å². The van der Waals surface area contributed by atoms with Gasteiger partial charge in [0, 0.05) is 18.1 Å². The van der Waals surface area contributed by atoms with Crippen molar-refractivity contribution in [3.63, 3.8) is 0 Å². The number of hydrogen-bond donors (Lipinski definition) is 1. The number of anilines is 1. The summed E-state index contributed by atoms with van der Waals surface area (Å²) in [6.45, 7) is 7.38. The van der Waals surface area contributed by atoms with E-state index in [0.717, 1.165) is 5.56 Å². The van der Waals surface area contributed by atoms with E-state index in [9.17, 15) is 13.2 Å². The summed E-state index contributed by atoms with van der Waals surface area (Å²) in [5.74, 6) is -0.201. The molecule has 0 amide bonds. The quantitative estimate of drug-likeness (QED) is 0.595. The molecule has 8 heteroatoms.